The molecule has 0 radical (unpaired) electrons. The molecule has 0 spiro atoms. The number of carbonyl (C=O) groups excluding carboxylic acids is 2. The van der Waals surface area contributed by atoms with Crippen molar-refractivity contribution in [1.29, 1.82) is 0 Å². The standard InChI is InChI=1S/C16H15N5O3S/c1-2-24-16(23)11-5-7-12(8-6-11)17-14(22)10-21-19-15(18-20-21)13-4-3-9-25-13/h3-9H,2,10H2,1H3,(H,17,22). The summed E-state index contributed by atoms with van der Waals surface area (Å²) < 4.78 is 4.91. The first-order valence-electron chi connectivity index (χ1n) is 7.54. The van der Waals surface area contributed by atoms with Gasteiger partial charge in [0.05, 0.1) is 17.0 Å². The summed E-state index contributed by atoms with van der Waals surface area (Å²) in [4.78, 5) is 25.8. The van der Waals surface area contributed by atoms with Crippen LogP contribution in [0.4, 0.5) is 5.69 Å². The lowest BCUT2D eigenvalue weighted by atomic mass is 10.2. The third-order valence-corrected chi connectivity index (χ3v) is 4.03. The van der Waals surface area contributed by atoms with Crippen LogP contribution in [0, 0.1) is 0 Å². The highest BCUT2D eigenvalue weighted by Gasteiger charge is 2.11. The van der Waals surface area contributed by atoms with E-state index in [4.69, 9.17) is 4.74 Å². The van der Waals surface area contributed by atoms with Crippen LogP contribution in [0.25, 0.3) is 10.7 Å². The molecule has 0 unspecified atom stereocenters. The van der Waals surface area contributed by atoms with Crippen molar-refractivity contribution in [3.05, 3.63) is 47.3 Å². The molecule has 2 aromatic heterocycles. The van der Waals surface area contributed by atoms with Gasteiger partial charge in [-0.2, -0.15) is 4.80 Å². The lowest BCUT2D eigenvalue weighted by molar-refractivity contribution is -0.117. The van der Waals surface area contributed by atoms with E-state index < -0.39 is 5.97 Å². The van der Waals surface area contributed by atoms with E-state index in [2.05, 4.69) is 20.7 Å². The van der Waals surface area contributed by atoms with Crippen molar-refractivity contribution in [2.75, 3.05) is 11.9 Å². The Bertz CT molecular complexity index is 858. The van der Waals surface area contributed by atoms with Crippen molar-refractivity contribution in [1.82, 2.24) is 20.2 Å². The number of esters is 1. The Labute approximate surface area is 147 Å². The molecule has 2 heterocycles. The van der Waals surface area contributed by atoms with Crippen molar-refractivity contribution in [2.45, 2.75) is 13.5 Å². The smallest absolute Gasteiger partial charge is 0.338 e. The van der Waals surface area contributed by atoms with Crippen LogP contribution in [0.15, 0.2) is 41.8 Å². The summed E-state index contributed by atoms with van der Waals surface area (Å²) in [5.74, 6) is -0.200. The van der Waals surface area contributed by atoms with Gasteiger partial charge in [-0.25, -0.2) is 4.79 Å². The van der Waals surface area contributed by atoms with E-state index in [1.807, 2.05) is 17.5 Å². The molecule has 1 N–H and O–H groups in total. The van der Waals surface area contributed by atoms with Crippen LogP contribution in [0.1, 0.15) is 17.3 Å². The Hall–Kier alpha value is -3.07. The van der Waals surface area contributed by atoms with E-state index in [9.17, 15) is 9.59 Å². The van der Waals surface area contributed by atoms with Crippen LogP contribution in [0.5, 0.6) is 0 Å². The van der Waals surface area contributed by atoms with Gasteiger partial charge in [0, 0.05) is 5.69 Å². The molecule has 8 nitrogen and oxygen atoms in total. The van der Waals surface area contributed by atoms with Crippen molar-refractivity contribution < 1.29 is 14.3 Å². The maximum absolute atomic E-state index is 12.1. The van der Waals surface area contributed by atoms with E-state index in [0.717, 1.165) is 4.88 Å². The van der Waals surface area contributed by atoms with E-state index in [0.29, 0.717) is 23.7 Å². The average Bonchev–Trinajstić information content (AvgIpc) is 3.27. The molecule has 0 atom stereocenters. The molecule has 0 fully saturated rings. The molecule has 0 bridgehead atoms. The largest absolute Gasteiger partial charge is 0.462 e. The monoisotopic (exact) mass is 357 g/mol. The van der Waals surface area contributed by atoms with Gasteiger partial charge in [-0.05, 0) is 47.8 Å². The summed E-state index contributed by atoms with van der Waals surface area (Å²) in [7, 11) is 0. The second-order valence-corrected chi connectivity index (χ2v) is 5.91. The van der Waals surface area contributed by atoms with E-state index in [1.165, 1.54) is 16.1 Å². The molecule has 1 amide bonds. The number of nitrogens with one attached hydrogen (secondary N) is 1. The van der Waals surface area contributed by atoms with Gasteiger partial charge in [0.25, 0.3) is 0 Å². The number of anilines is 1. The van der Waals surface area contributed by atoms with Gasteiger partial charge in [-0.15, -0.1) is 21.5 Å². The first-order valence-corrected chi connectivity index (χ1v) is 8.42. The molecule has 0 saturated heterocycles. The van der Waals surface area contributed by atoms with Crippen LogP contribution in [0.3, 0.4) is 0 Å². The minimum Gasteiger partial charge on any atom is -0.462 e. The number of hydrogen-bond donors (Lipinski definition) is 1. The van der Waals surface area contributed by atoms with Gasteiger partial charge in [0.1, 0.15) is 6.54 Å². The summed E-state index contributed by atoms with van der Waals surface area (Å²) in [6.45, 7) is 2.00. The Balaban J connectivity index is 1.58. The predicted molar refractivity (Wildman–Crippen MR) is 92.2 cm³/mol. The number of amides is 1. The van der Waals surface area contributed by atoms with E-state index in [1.54, 1.807) is 31.2 Å². The second-order valence-electron chi connectivity index (χ2n) is 4.97. The first kappa shape index (κ1) is 16.8. The quantitative estimate of drug-likeness (QED) is 0.679. The Morgan fingerprint density at radius 2 is 2.04 bits per heavy atom. The Kier molecular flexibility index (Phi) is 5.14. The predicted octanol–water partition coefficient (Wildman–Crippen LogP) is 2.22. The van der Waals surface area contributed by atoms with Crippen LogP contribution < -0.4 is 5.32 Å². The molecule has 128 valence electrons. The fourth-order valence-corrected chi connectivity index (χ4v) is 2.70. The minimum atomic E-state index is -0.395. The third-order valence-electron chi connectivity index (χ3n) is 3.16. The van der Waals surface area contributed by atoms with Gasteiger partial charge >= 0.3 is 5.97 Å². The Morgan fingerprint density at radius 3 is 2.72 bits per heavy atom. The van der Waals surface area contributed by atoms with Crippen molar-refractivity contribution in [2.24, 2.45) is 0 Å². The number of aromatic nitrogens is 4. The van der Waals surface area contributed by atoms with Crippen molar-refractivity contribution in [3.8, 4) is 10.7 Å². The first-order chi connectivity index (χ1) is 12.2. The lowest BCUT2D eigenvalue weighted by Crippen LogP contribution is -2.20. The summed E-state index contributed by atoms with van der Waals surface area (Å²) in [6, 6.07) is 10.2. The van der Waals surface area contributed by atoms with Gasteiger partial charge in [0.2, 0.25) is 11.7 Å². The van der Waals surface area contributed by atoms with Crippen molar-refractivity contribution in [3.63, 3.8) is 0 Å². The van der Waals surface area contributed by atoms with Crippen LogP contribution in [-0.2, 0) is 16.1 Å². The normalized spacial score (nSPS) is 10.4. The highest BCUT2D eigenvalue weighted by molar-refractivity contribution is 7.13. The molecular formula is C16H15N5O3S. The lowest BCUT2D eigenvalue weighted by Gasteiger charge is -2.06. The van der Waals surface area contributed by atoms with Crippen LogP contribution in [0.2, 0.25) is 0 Å². The summed E-state index contributed by atoms with van der Waals surface area (Å²) in [6.07, 6.45) is 0. The molecule has 0 aliphatic rings. The Morgan fingerprint density at radius 1 is 1.24 bits per heavy atom. The molecular weight excluding hydrogens is 342 g/mol. The molecule has 1 aromatic carbocycles. The number of hydrogen-bond acceptors (Lipinski definition) is 7. The summed E-state index contributed by atoms with van der Waals surface area (Å²) >= 11 is 1.50. The number of benzene rings is 1. The fourth-order valence-electron chi connectivity index (χ4n) is 2.05. The van der Waals surface area contributed by atoms with Gasteiger partial charge in [-0.3, -0.25) is 4.79 Å². The van der Waals surface area contributed by atoms with Gasteiger partial charge < -0.3 is 10.1 Å². The summed E-state index contributed by atoms with van der Waals surface area (Å²) in [5.41, 5.74) is 0.995. The zero-order valence-corrected chi connectivity index (χ0v) is 14.2. The number of rotatable bonds is 6. The average molecular weight is 357 g/mol. The van der Waals surface area contributed by atoms with Gasteiger partial charge in [-0.1, -0.05) is 6.07 Å². The van der Waals surface area contributed by atoms with Crippen molar-refractivity contribution >= 4 is 28.9 Å². The van der Waals surface area contributed by atoms with Gasteiger partial charge in [0.15, 0.2) is 0 Å². The molecule has 0 aliphatic heterocycles. The number of tetrazole rings is 1. The van der Waals surface area contributed by atoms with Crippen LogP contribution >= 0.6 is 11.3 Å². The molecule has 25 heavy (non-hydrogen) atoms. The minimum absolute atomic E-state index is 0.0575. The molecule has 0 aliphatic carbocycles. The van der Waals surface area contributed by atoms with E-state index in [-0.39, 0.29) is 12.5 Å². The second kappa shape index (κ2) is 7.67. The zero-order chi connectivity index (χ0) is 17.6. The zero-order valence-electron chi connectivity index (χ0n) is 13.4. The molecule has 0 saturated carbocycles. The SMILES string of the molecule is CCOC(=O)c1ccc(NC(=O)Cn2nnc(-c3cccs3)n2)cc1. The maximum atomic E-state index is 12.1. The topological polar surface area (TPSA) is 99.0 Å². The molecule has 3 rings (SSSR count). The third kappa shape index (κ3) is 4.27. The number of ether oxygens (including phenoxy) is 1. The number of carbonyl (C=O) groups is 2. The number of nitrogens with zero attached hydrogens (tertiary/aromatic N) is 4. The fraction of sp³-hybridized carbons (Fsp3) is 0.188. The molecule has 9 heteroatoms. The van der Waals surface area contributed by atoms with Crippen LogP contribution in [-0.4, -0.2) is 38.7 Å². The number of thiophene rings is 1. The summed E-state index contributed by atoms with van der Waals surface area (Å²) in [5, 5.41) is 16.6. The van der Waals surface area contributed by atoms with E-state index >= 15 is 0 Å². The maximum Gasteiger partial charge on any atom is 0.338 e. The molecule has 3 aromatic rings. The highest BCUT2D eigenvalue weighted by atomic mass is 32.1. The highest BCUT2D eigenvalue weighted by Crippen LogP contribution is 2.19.